The van der Waals surface area contributed by atoms with Crippen molar-refractivity contribution in [1.29, 1.82) is 21.0 Å². The van der Waals surface area contributed by atoms with E-state index in [0.717, 1.165) is 0 Å². The van der Waals surface area contributed by atoms with Crippen LogP contribution in [0, 0.1) is 38.9 Å². The van der Waals surface area contributed by atoms with E-state index >= 15 is 0 Å². The largest absolute Gasteiger partial charge is 0 e. The van der Waals surface area contributed by atoms with Crippen molar-refractivity contribution in [3.05, 3.63) is 0 Å². The average molecular weight is 338 g/mol. The van der Waals surface area contributed by atoms with Crippen LogP contribution in [0.3, 0.4) is 0 Å². The molecule has 0 aliphatic carbocycles. The topological polar surface area (TPSA) is 95.2 Å². The van der Waals surface area contributed by atoms with Gasteiger partial charge < -0.3 is 0 Å². The summed E-state index contributed by atoms with van der Waals surface area (Å²) in [5.74, 6) is 0. The van der Waals surface area contributed by atoms with Gasteiger partial charge in [0.2, 0.25) is 0 Å². The molecule has 0 saturated heterocycles. The van der Waals surface area contributed by atoms with Crippen LogP contribution in [0.15, 0.2) is 0 Å². The van der Waals surface area contributed by atoms with Crippen LogP contribution in [-0.4, -0.2) is 51.4 Å². The molecule has 0 fully saturated rings. The Morgan fingerprint density at radius 3 is 0.900 bits per heavy atom. The molecule has 6 heteroatoms. The van der Waals surface area contributed by atoms with E-state index in [2.05, 4.69) is 0 Å². The molecule has 1 radical (unpaired) electrons. The minimum atomic E-state index is -3.88. The minimum absolute atomic E-state index is 0. The fraction of sp³-hybridized carbons (Fsp3) is 0. The van der Waals surface area contributed by atoms with Crippen LogP contribution in [0.5, 0.6) is 0 Å². The van der Waals surface area contributed by atoms with Gasteiger partial charge in [-0.15, -0.1) is 0 Å². The zero-order valence-corrected chi connectivity index (χ0v) is 10.5. The molecule has 0 spiro atoms. The Labute approximate surface area is 104 Å². The van der Waals surface area contributed by atoms with Gasteiger partial charge in [-0.2, -0.15) is 0 Å². The first-order chi connectivity index (χ1) is 4.24. The molecule has 0 aromatic heterocycles. The van der Waals surface area contributed by atoms with Gasteiger partial charge in [0.1, 0.15) is 0 Å². The average Bonchev–Trinajstić information content (AvgIpc) is 1.95. The fourth-order valence-electron chi connectivity index (χ4n) is 0.0949. The number of nitrogens with zero attached hydrogens (tertiary/aromatic N) is 4. The van der Waals surface area contributed by atoms with Crippen LogP contribution < -0.4 is 0 Å². The molecule has 0 N–H and O–H groups in total. The molecule has 47 valence electrons. The molecule has 0 aromatic carbocycles. The summed E-state index contributed by atoms with van der Waals surface area (Å²) >= 11 is -3.88. The van der Waals surface area contributed by atoms with Crippen LogP contribution in [0.1, 0.15) is 0 Å². The predicted molar refractivity (Wildman–Crippen MR) is 28.2 cm³/mol. The third-order valence-electron chi connectivity index (χ3n) is 0.424. The quantitative estimate of drug-likeness (QED) is 0.566. The van der Waals surface area contributed by atoms with Crippen molar-refractivity contribution in [2.24, 2.45) is 0 Å². The summed E-state index contributed by atoms with van der Waals surface area (Å²) in [6.07, 6.45) is 0. The van der Waals surface area contributed by atoms with Crippen molar-refractivity contribution in [2.45, 2.75) is 0 Å². The molecule has 4 nitrogen and oxygen atoms in total. The third-order valence-corrected chi connectivity index (χ3v) is 3.47. The fourth-order valence-corrected chi connectivity index (χ4v) is 0.777. The maximum Gasteiger partial charge on any atom is 0 e. The van der Waals surface area contributed by atoms with Crippen LogP contribution in [0.4, 0.5) is 0 Å². The molecule has 0 amide bonds. The van der Waals surface area contributed by atoms with Crippen LogP contribution in [-0.2, 0) is 16.1 Å². The van der Waals surface area contributed by atoms with Crippen LogP contribution >= 0.6 is 0 Å². The van der Waals surface area contributed by atoms with Gasteiger partial charge in [0, 0.05) is 51.4 Å². The molecular formula is C4KN4Pt. The second-order valence-electron chi connectivity index (χ2n) is 0.757. The number of rotatable bonds is 0. The zero-order chi connectivity index (χ0) is 7.33. The Morgan fingerprint density at radius 2 is 0.900 bits per heavy atom. The van der Waals surface area contributed by atoms with E-state index in [1.54, 1.807) is 0 Å². The van der Waals surface area contributed by atoms with E-state index in [4.69, 9.17) is 21.0 Å². The summed E-state index contributed by atoms with van der Waals surface area (Å²) in [5.41, 5.74) is 0. The number of nitriles is 4. The first kappa shape index (κ1) is 12.9. The van der Waals surface area contributed by atoms with Crippen molar-refractivity contribution < 1.29 is 16.1 Å². The summed E-state index contributed by atoms with van der Waals surface area (Å²) in [6, 6.07) is 0. The summed E-state index contributed by atoms with van der Waals surface area (Å²) in [7, 11) is 0. The standard InChI is InChI=1S/4CN.K.Pt/c4*1-2;;. The summed E-state index contributed by atoms with van der Waals surface area (Å²) in [5, 5.41) is 32.6. The van der Waals surface area contributed by atoms with Crippen LogP contribution in [0.2, 0.25) is 0 Å². The second kappa shape index (κ2) is 6.02. The third kappa shape index (κ3) is 2.91. The van der Waals surface area contributed by atoms with E-state index in [1.165, 1.54) is 17.8 Å². The van der Waals surface area contributed by atoms with E-state index in [0.29, 0.717) is 0 Å². The smallest absolute Gasteiger partial charge is 0 e. The second-order valence-corrected chi connectivity index (χ2v) is 6.20. The predicted octanol–water partition coefficient (Wildman–Crippen LogP) is -0.316. The summed E-state index contributed by atoms with van der Waals surface area (Å²) in [4.78, 5) is 0. The molecule has 0 aliphatic rings. The maximum atomic E-state index is 8.14. The Morgan fingerprint density at radius 1 is 0.700 bits per heavy atom. The number of hydrogen-bond donors (Lipinski definition) is 0. The Hall–Kier alpha value is 0.285. The van der Waals surface area contributed by atoms with Gasteiger partial charge in [0.25, 0.3) is 0 Å². The van der Waals surface area contributed by atoms with Gasteiger partial charge in [-0.25, -0.2) is 0 Å². The molecule has 0 atom stereocenters. The van der Waals surface area contributed by atoms with Crippen LogP contribution in [0.25, 0.3) is 0 Å². The molecule has 0 unspecified atom stereocenters. The van der Waals surface area contributed by atoms with Crippen molar-refractivity contribution in [3.8, 4) is 17.8 Å². The molecular weight excluding hydrogens is 338 g/mol. The Balaban J connectivity index is 0. The van der Waals surface area contributed by atoms with Gasteiger partial charge >= 0.3 is 54.9 Å². The van der Waals surface area contributed by atoms with E-state index in [-0.39, 0.29) is 51.4 Å². The summed E-state index contributed by atoms with van der Waals surface area (Å²) < 4.78 is 5.85. The Kier molecular flexibility index (Phi) is 7.78. The molecule has 0 aromatic rings. The van der Waals surface area contributed by atoms with Gasteiger partial charge in [0.15, 0.2) is 0 Å². The zero-order valence-electron chi connectivity index (χ0n) is 5.11. The van der Waals surface area contributed by atoms with Crippen molar-refractivity contribution in [2.75, 3.05) is 0 Å². The monoisotopic (exact) mass is 338 g/mol. The molecule has 0 aliphatic heterocycles. The van der Waals surface area contributed by atoms with E-state index < -0.39 is 16.1 Å². The normalized spacial score (nSPS) is 8.40. The summed E-state index contributed by atoms with van der Waals surface area (Å²) in [6.45, 7) is 0. The molecule has 0 saturated carbocycles. The van der Waals surface area contributed by atoms with Gasteiger partial charge in [-0.1, -0.05) is 0 Å². The first-order valence-electron chi connectivity index (χ1n) is 1.53. The minimum Gasteiger partial charge on any atom is 0 e. The van der Waals surface area contributed by atoms with E-state index in [1.807, 2.05) is 0 Å². The van der Waals surface area contributed by atoms with Gasteiger partial charge in [-0.3, -0.25) is 0 Å². The molecule has 10 heavy (non-hydrogen) atoms. The number of hydrogen-bond acceptors (Lipinski definition) is 4. The van der Waals surface area contributed by atoms with E-state index in [9.17, 15) is 0 Å². The van der Waals surface area contributed by atoms with Crippen molar-refractivity contribution in [3.63, 3.8) is 0 Å². The maximum absolute atomic E-state index is 8.14. The Bertz CT molecular complexity index is 210. The van der Waals surface area contributed by atoms with Gasteiger partial charge in [0.05, 0.1) is 0 Å². The molecule has 0 rings (SSSR count). The molecule has 0 bridgehead atoms. The van der Waals surface area contributed by atoms with Crippen molar-refractivity contribution in [1.82, 2.24) is 0 Å². The van der Waals surface area contributed by atoms with Gasteiger partial charge in [-0.05, 0) is 0 Å². The first-order valence-corrected chi connectivity index (χ1v) is 6.07. The SMILES string of the molecule is N#[C][Pt]([C]#N)([C]#N)[C]#N.[K]. The van der Waals surface area contributed by atoms with Crippen molar-refractivity contribution >= 4 is 51.4 Å². The molecule has 0 heterocycles.